The zero-order valence-corrected chi connectivity index (χ0v) is 15.6. The summed E-state index contributed by atoms with van der Waals surface area (Å²) < 4.78 is 0. The normalized spacial score (nSPS) is 14.9. The summed E-state index contributed by atoms with van der Waals surface area (Å²) in [5.41, 5.74) is 3.15. The second-order valence-corrected chi connectivity index (χ2v) is 6.46. The average Bonchev–Trinajstić information content (AvgIpc) is 2.73. The van der Waals surface area contributed by atoms with Crippen molar-refractivity contribution in [2.24, 2.45) is 0 Å². The topological polar surface area (TPSA) is 59.4 Å². The van der Waals surface area contributed by atoms with Gasteiger partial charge in [0.05, 0.1) is 23.0 Å². The summed E-state index contributed by atoms with van der Waals surface area (Å²) in [6.45, 7) is 7.22. The molecule has 138 valence electrons. The van der Waals surface area contributed by atoms with Crippen molar-refractivity contribution < 1.29 is 4.79 Å². The van der Waals surface area contributed by atoms with E-state index in [1.165, 1.54) is 6.08 Å². The van der Waals surface area contributed by atoms with Crippen LogP contribution in [0, 0.1) is 11.3 Å². The molecule has 0 bridgehead atoms. The standard InChI is InChI=1S/C22H24N4O/c1-2-25-13-15-26(16-14-25)21-10-6-5-9-20(21)24-22(27)12-11-18-7-3-4-8-19(18)17-23/h3-12H,2,13-16H2,1H3,(H,24,27). The highest BCUT2D eigenvalue weighted by Crippen LogP contribution is 2.26. The summed E-state index contributed by atoms with van der Waals surface area (Å²) in [7, 11) is 0. The lowest BCUT2D eigenvalue weighted by Gasteiger charge is -2.36. The first-order valence-corrected chi connectivity index (χ1v) is 9.25. The molecule has 0 saturated carbocycles. The number of nitrogens with zero attached hydrogens (tertiary/aromatic N) is 3. The van der Waals surface area contributed by atoms with Crippen LogP contribution < -0.4 is 10.2 Å². The molecule has 0 spiro atoms. The highest BCUT2D eigenvalue weighted by molar-refractivity contribution is 6.04. The van der Waals surface area contributed by atoms with Gasteiger partial charge in [-0.25, -0.2) is 0 Å². The minimum atomic E-state index is -0.206. The van der Waals surface area contributed by atoms with E-state index < -0.39 is 0 Å². The molecule has 27 heavy (non-hydrogen) atoms. The maximum absolute atomic E-state index is 12.4. The Balaban J connectivity index is 1.70. The van der Waals surface area contributed by atoms with E-state index in [9.17, 15) is 4.79 Å². The van der Waals surface area contributed by atoms with E-state index in [-0.39, 0.29) is 5.91 Å². The molecule has 1 N–H and O–H groups in total. The van der Waals surface area contributed by atoms with Crippen molar-refractivity contribution in [2.75, 3.05) is 42.9 Å². The molecule has 1 fully saturated rings. The molecule has 2 aromatic rings. The molecule has 0 radical (unpaired) electrons. The Morgan fingerprint density at radius 3 is 2.56 bits per heavy atom. The van der Waals surface area contributed by atoms with E-state index in [4.69, 9.17) is 5.26 Å². The molecule has 5 nitrogen and oxygen atoms in total. The van der Waals surface area contributed by atoms with Gasteiger partial charge in [-0.15, -0.1) is 0 Å². The molecule has 5 heteroatoms. The van der Waals surface area contributed by atoms with Crippen LogP contribution >= 0.6 is 0 Å². The molecule has 0 unspecified atom stereocenters. The number of carbonyl (C=O) groups excluding carboxylic acids is 1. The molecule has 2 aromatic carbocycles. The molecule has 0 aromatic heterocycles. The second kappa shape index (κ2) is 9.02. The number of likely N-dealkylation sites (N-methyl/N-ethyl adjacent to an activating group) is 1. The molecular weight excluding hydrogens is 336 g/mol. The maximum Gasteiger partial charge on any atom is 0.248 e. The van der Waals surface area contributed by atoms with Gasteiger partial charge >= 0.3 is 0 Å². The van der Waals surface area contributed by atoms with Gasteiger partial charge in [0.1, 0.15) is 0 Å². The number of amides is 1. The molecule has 1 aliphatic heterocycles. The zero-order valence-electron chi connectivity index (χ0n) is 15.6. The Kier molecular flexibility index (Phi) is 6.24. The van der Waals surface area contributed by atoms with Crippen molar-refractivity contribution >= 4 is 23.4 Å². The number of anilines is 2. The first-order chi connectivity index (χ1) is 13.2. The molecule has 1 aliphatic rings. The van der Waals surface area contributed by atoms with Gasteiger partial charge in [0, 0.05) is 32.3 Å². The van der Waals surface area contributed by atoms with Crippen LogP contribution in [0.2, 0.25) is 0 Å². The maximum atomic E-state index is 12.4. The number of nitrogens with one attached hydrogen (secondary N) is 1. The number of benzene rings is 2. The molecule has 1 saturated heterocycles. The molecule has 1 amide bonds. The third-order valence-electron chi connectivity index (χ3n) is 4.82. The minimum Gasteiger partial charge on any atom is -0.367 e. The van der Waals surface area contributed by atoms with Gasteiger partial charge < -0.3 is 15.1 Å². The molecular formula is C22H24N4O. The van der Waals surface area contributed by atoms with Gasteiger partial charge in [0.2, 0.25) is 5.91 Å². The van der Waals surface area contributed by atoms with E-state index in [2.05, 4.69) is 28.1 Å². The number of para-hydroxylation sites is 2. The van der Waals surface area contributed by atoms with Crippen LogP contribution in [0.4, 0.5) is 11.4 Å². The summed E-state index contributed by atoms with van der Waals surface area (Å²) in [5.74, 6) is -0.206. The SMILES string of the molecule is CCN1CCN(c2ccccc2NC(=O)C=Cc2ccccc2C#N)CC1. The first-order valence-electron chi connectivity index (χ1n) is 9.25. The van der Waals surface area contributed by atoms with Gasteiger partial charge in [0.25, 0.3) is 0 Å². The van der Waals surface area contributed by atoms with Crippen molar-refractivity contribution in [2.45, 2.75) is 6.92 Å². The number of hydrogen-bond donors (Lipinski definition) is 1. The van der Waals surface area contributed by atoms with E-state index in [0.717, 1.165) is 49.7 Å². The van der Waals surface area contributed by atoms with E-state index in [1.54, 1.807) is 12.1 Å². The monoisotopic (exact) mass is 360 g/mol. The van der Waals surface area contributed by atoms with Crippen LogP contribution in [0.5, 0.6) is 0 Å². The van der Waals surface area contributed by atoms with Crippen molar-refractivity contribution in [3.63, 3.8) is 0 Å². The van der Waals surface area contributed by atoms with Gasteiger partial charge in [-0.1, -0.05) is 37.3 Å². The summed E-state index contributed by atoms with van der Waals surface area (Å²) in [6.07, 6.45) is 3.15. The smallest absolute Gasteiger partial charge is 0.248 e. The predicted molar refractivity (Wildman–Crippen MR) is 110 cm³/mol. The predicted octanol–water partition coefficient (Wildman–Crippen LogP) is 3.35. The van der Waals surface area contributed by atoms with E-state index in [1.807, 2.05) is 42.5 Å². The highest BCUT2D eigenvalue weighted by atomic mass is 16.1. The Labute approximate surface area is 160 Å². The average molecular weight is 360 g/mol. The summed E-state index contributed by atoms with van der Waals surface area (Å²) in [4.78, 5) is 17.2. The van der Waals surface area contributed by atoms with Gasteiger partial charge in [0.15, 0.2) is 0 Å². The summed E-state index contributed by atoms with van der Waals surface area (Å²) in [6, 6.07) is 17.3. The third-order valence-corrected chi connectivity index (χ3v) is 4.82. The fourth-order valence-corrected chi connectivity index (χ4v) is 3.24. The van der Waals surface area contributed by atoms with Gasteiger partial charge in [-0.2, -0.15) is 5.26 Å². The number of carbonyl (C=O) groups is 1. The number of rotatable bonds is 5. The molecule has 0 aliphatic carbocycles. The van der Waals surface area contributed by atoms with E-state index >= 15 is 0 Å². The van der Waals surface area contributed by atoms with Crippen molar-refractivity contribution in [3.05, 3.63) is 65.7 Å². The van der Waals surface area contributed by atoms with Crippen molar-refractivity contribution in [1.29, 1.82) is 5.26 Å². The lowest BCUT2D eigenvalue weighted by molar-refractivity contribution is -0.111. The Hall–Kier alpha value is -3.10. The highest BCUT2D eigenvalue weighted by Gasteiger charge is 2.18. The molecule has 0 atom stereocenters. The number of nitriles is 1. The van der Waals surface area contributed by atoms with Gasteiger partial charge in [-0.3, -0.25) is 4.79 Å². The fraction of sp³-hybridized carbons (Fsp3) is 0.273. The third kappa shape index (κ3) is 4.75. The fourth-order valence-electron chi connectivity index (χ4n) is 3.24. The van der Waals surface area contributed by atoms with Crippen LogP contribution in [0.1, 0.15) is 18.1 Å². The first kappa shape index (κ1) is 18.7. The number of piperazine rings is 1. The molecule has 3 rings (SSSR count). The lowest BCUT2D eigenvalue weighted by Crippen LogP contribution is -2.46. The lowest BCUT2D eigenvalue weighted by atomic mass is 10.1. The van der Waals surface area contributed by atoms with Crippen LogP contribution in [0.15, 0.2) is 54.6 Å². The van der Waals surface area contributed by atoms with Gasteiger partial charge in [-0.05, 0) is 36.4 Å². The Bertz CT molecular complexity index is 861. The minimum absolute atomic E-state index is 0.206. The largest absolute Gasteiger partial charge is 0.367 e. The Morgan fingerprint density at radius 1 is 1.11 bits per heavy atom. The quantitative estimate of drug-likeness (QED) is 0.831. The molecule has 1 heterocycles. The second-order valence-electron chi connectivity index (χ2n) is 6.46. The Morgan fingerprint density at radius 2 is 1.81 bits per heavy atom. The number of hydrogen-bond acceptors (Lipinski definition) is 4. The van der Waals surface area contributed by atoms with Crippen molar-refractivity contribution in [3.8, 4) is 6.07 Å². The van der Waals surface area contributed by atoms with Crippen LogP contribution in [-0.4, -0.2) is 43.5 Å². The van der Waals surface area contributed by atoms with Crippen LogP contribution in [-0.2, 0) is 4.79 Å². The summed E-state index contributed by atoms with van der Waals surface area (Å²) >= 11 is 0. The van der Waals surface area contributed by atoms with Crippen LogP contribution in [0.25, 0.3) is 6.08 Å². The summed E-state index contributed by atoms with van der Waals surface area (Å²) in [5, 5.41) is 12.1. The van der Waals surface area contributed by atoms with Crippen molar-refractivity contribution in [1.82, 2.24) is 4.90 Å². The van der Waals surface area contributed by atoms with E-state index in [0.29, 0.717) is 5.56 Å². The van der Waals surface area contributed by atoms with Crippen LogP contribution in [0.3, 0.4) is 0 Å². The zero-order chi connectivity index (χ0) is 19.1.